The largest absolute Gasteiger partial charge is 0.495 e. The first kappa shape index (κ1) is 19.8. The summed E-state index contributed by atoms with van der Waals surface area (Å²) < 4.78 is 20.4. The first-order valence-corrected chi connectivity index (χ1v) is 7.61. The van der Waals surface area contributed by atoms with Crippen LogP contribution < -0.4 is 0 Å². The van der Waals surface area contributed by atoms with Gasteiger partial charge in [0.25, 0.3) is 0 Å². The van der Waals surface area contributed by atoms with Crippen LogP contribution in [0.4, 0.5) is 0 Å². The topological polar surface area (TPSA) is 94.5 Å². The van der Waals surface area contributed by atoms with Crippen molar-refractivity contribution in [2.24, 2.45) is 0 Å². The van der Waals surface area contributed by atoms with Crippen LogP contribution in [-0.4, -0.2) is 56.1 Å². The van der Waals surface area contributed by atoms with E-state index in [9.17, 15) is 14.7 Å². The molecule has 0 aromatic carbocycles. The number of aliphatic hydroxyl groups excluding tert-OH is 1. The van der Waals surface area contributed by atoms with Crippen LogP contribution >= 0.6 is 0 Å². The van der Waals surface area contributed by atoms with Crippen molar-refractivity contribution in [2.45, 2.75) is 33.1 Å². The van der Waals surface area contributed by atoms with Gasteiger partial charge in [-0.05, 0) is 13.8 Å². The van der Waals surface area contributed by atoms with Gasteiger partial charge in [0, 0.05) is 0 Å². The molecule has 1 aliphatic rings. The lowest BCUT2D eigenvalue weighted by atomic mass is 10.1. The van der Waals surface area contributed by atoms with E-state index >= 15 is 0 Å². The normalized spacial score (nSPS) is 14.6. The van der Waals surface area contributed by atoms with Gasteiger partial charge < -0.3 is 29.0 Å². The number of ether oxygens (including phenoxy) is 4. The molecule has 24 heavy (non-hydrogen) atoms. The maximum Gasteiger partial charge on any atom is 0.308 e. The molecule has 8 heteroatoms. The van der Waals surface area contributed by atoms with Crippen molar-refractivity contribution in [3.8, 4) is 0 Å². The Balaban J connectivity index is 2.70. The molecule has 0 aromatic heterocycles. The van der Waals surface area contributed by atoms with Gasteiger partial charge in [-0.25, -0.2) is 0 Å². The van der Waals surface area contributed by atoms with E-state index in [-0.39, 0.29) is 44.7 Å². The van der Waals surface area contributed by atoms with E-state index in [1.807, 2.05) is 13.8 Å². The van der Waals surface area contributed by atoms with Crippen molar-refractivity contribution in [2.75, 3.05) is 34.2 Å². The van der Waals surface area contributed by atoms with Crippen molar-refractivity contribution >= 4 is 11.9 Å². The number of hydrogen-bond donors (Lipinski definition) is 1. The Kier molecular flexibility index (Phi) is 8.11. The predicted molar refractivity (Wildman–Crippen MR) is 84.1 cm³/mol. The van der Waals surface area contributed by atoms with Gasteiger partial charge in [0.05, 0.1) is 58.1 Å². The fourth-order valence-electron chi connectivity index (χ4n) is 2.20. The highest BCUT2D eigenvalue weighted by atomic mass is 16.5. The van der Waals surface area contributed by atoms with Gasteiger partial charge in [-0.3, -0.25) is 9.59 Å². The number of nitrogens with zero attached hydrogens (tertiary/aromatic N) is 1. The summed E-state index contributed by atoms with van der Waals surface area (Å²) in [6.45, 7) is 3.75. The van der Waals surface area contributed by atoms with Crippen molar-refractivity contribution in [1.82, 2.24) is 4.90 Å². The van der Waals surface area contributed by atoms with Crippen molar-refractivity contribution in [3.05, 3.63) is 22.9 Å². The SMILES string of the molecule is COC(=O)CCOC1=C(C)N(CO)C(C)=C(OCCC(=O)OC)C1. The standard InChI is InChI=1S/C16H25NO7/c1-11-13(23-7-5-15(19)21-3)9-14(12(2)17(11)10-18)24-8-6-16(20)22-4/h18H,5-10H2,1-4H3. The van der Waals surface area contributed by atoms with Crippen LogP contribution in [0.2, 0.25) is 0 Å². The number of carbonyl (C=O) groups excluding carboxylic acids is 2. The summed E-state index contributed by atoms with van der Waals surface area (Å²) in [5.41, 5.74) is 1.50. The van der Waals surface area contributed by atoms with Crippen LogP contribution in [0.5, 0.6) is 0 Å². The number of hydrogen-bond acceptors (Lipinski definition) is 8. The van der Waals surface area contributed by atoms with E-state index in [1.54, 1.807) is 4.90 Å². The molecule has 0 aromatic rings. The molecule has 0 amide bonds. The highest BCUT2D eigenvalue weighted by Crippen LogP contribution is 2.31. The van der Waals surface area contributed by atoms with Gasteiger partial charge in [0.2, 0.25) is 0 Å². The first-order chi connectivity index (χ1) is 11.4. The quantitative estimate of drug-likeness (QED) is 0.625. The minimum Gasteiger partial charge on any atom is -0.495 e. The van der Waals surface area contributed by atoms with Crippen molar-refractivity contribution < 1.29 is 33.6 Å². The van der Waals surface area contributed by atoms with E-state index in [2.05, 4.69) is 9.47 Å². The Bertz CT molecular complexity index is 481. The highest BCUT2D eigenvalue weighted by molar-refractivity contribution is 5.69. The van der Waals surface area contributed by atoms with Gasteiger partial charge in [-0.1, -0.05) is 0 Å². The van der Waals surface area contributed by atoms with Crippen LogP contribution in [0.1, 0.15) is 33.1 Å². The number of methoxy groups -OCH3 is 2. The molecule has 0 aliphatic carbocycles. The fraction of sp³-hybridized carbons (Fsp3) is 0.625. The monoisotopic (exact) mass is 343 g/mol. The highest BCUT2D eigenvalue weighted by Gasteiger charge is 2.25. The maximum atomic E-state index is 11.2. The third-order valence-electron chi connectivity index (χ3n) is 3.70. The number of aliphatic hydroxyl groups is 1. The zero-order chi connectivity index (χ0) is 18.1. The first-order valence-electron chi connectivity index (χ1n) is 7.61. The smallest absolute Gasteiger partial charge is 0.308 e. The van der Waals surface area contributed by atoms with Crippen LogP contribution in [0.3, 0.4) is 0 Å². The van der Waals surface area contributed by atoms with E-state index in [1.165, 1.54) is 14.2 Å². The maximum absolute atomic E-state index is 11.2. The molecular formula is C16H25NO7. The summed E-state index contributed by atoms with van der Waals surface area (Å²) in [6, 6.07) is 0. The van der Waals surface area contributed by atoms with E-state index in [0.717, 1.165) is 11.4 Å². The molecule has 1 rings (SSSR count). The van der Waals surface area contributed by atoms with Crippen LogP contribution in [0.15, 0.2) is 22.9 Å². The molecule has 0 spiro atoms. The zero-order valence-corrected chi connectivity index (χ0v) is 14.6. The Morgan fingerprint density at radius 2 is 1.38 bits per heavy atom. The molecular weight excluding hydrogens is 318 g/mol. The summed E-state index contributed by atoms with van der Waals surface area (Å²) in [5.74, 6) is 0.493. The van der Waals surface area contributed by atoms with E-state index in [4.69, 9.17) is 9.47 Å². The van der Waals surface area contributed by atoms with Crippen molar-refractivity contribution in [1.29, 1.82) is 0 Å². The Hall–Kier alpha value is -2.22. The summed E-state index contributed by atoms with van der Waals surface area (Å²) in [7, 11) is 2.64. The molecule has 0 radical (unpaired) electrons. The van der Waals surface area contributed by atoms with Crippen LogP contribution in [0, 0.1) is 0 Å². The third-order valence-corrected chi connectivity index (χ3v) is 3.70. The lowest BCUT2D eigenvalue weighted by Gasteiger charge is -2.32. The predicted octanol–water partition coefficient (Wildman–Crippen LogP) is 1.26. The Morgan fingerprint density at radius 1 is 0.958 bits per heavy atom. The number of rotatable bonds is 9. The minimum atomic E-state index is -0.357. The lowest BCUT2D eigenvalue weighted by Crippen LogP contribution is -2.28. The lowest BCUT2D eigenvalue weighted by molar-refractivity contribution is -0.142. The van der Waals surface area contributed by atoms with Crippen molar-refractivity contribution in [3.63, 3.8) is 0 Å². The van der Waals surface area contributed by atoms with Gasteiger partial charge in [0.1, 0.15) is 18.2 Å². The molecule has 1 N–H and O–H groups in total. The second kappa shape index (κ2) is 9.82. The molecule has 0 fully saturated rings. The molecule has 136 valence electrons. The molecule has 0 unspecified atom stereocenters. The zero-order valence-electron chi connectivity index (χ0n) is 14.6. The Labute approximate surface area is 141 Å². The molecule has 0 bridgehead atoms. The number of carbonyl (C=O) groups is 2. The summed E-state index contributed by atoms with van der Waals surface area (Å²) in [5, 5.41) is 9.57. The second-order valence-electron chi connectivity index (χ2n) is 5.11. The molecule has 0 saturated carbocycles. The van der Waals surface area contributed by atoms with Gasteiger partial charge in [0.15, 0.2) is 0 Å². The number of allylic oxidation sites excluding steroid dienone is 2. The fourth-order valence-corrected chi connectivity index (χ4v) is 2.20. The van der Waals surface area contributed by atoms with E-state index < -0.39 is 0 Å². The average Bonchev–Trinajstić information content (AvgIpc) is 2.58. The van der Waals surface area contributed by atoms with E-state index in [0.29, 0.717) is 17.9 Å². The molecule has 1 aliphatic heterocycles. The third kappa shape index (κ3) is 5.45. The van der Waals surface area contributed by atoms with Gasteiger partial charge in [-0.15, -0.1) is 0 Å². The molecule has 0 saturated heterocycles. The van der Waals surface area contributed by atoms with Crippen LogP contribution in [0.25, 0.3) is 0 Å². The average molecular weight is 343 g/mol. The summed E-state index contributed by atoms with van der Waals surface area (Å²) in [4.78, 5) is 24.0. The van der Waals surface area contributed by atoms with Crippen LogP contribution in [-0.2, 0) is 28.5 Å². The van der Waals surface area contributed by atoms with Gasteiger partial charge >= 0.3 is 11.9 Å². The number of esters is 2. The van der Waals surface area contributed by atoms with Gasteiger partial charge in [-0.2, -0.15) is 0 Å². The summed E-state index contributed by atoms with van der Waals surface area (Å²) in [6.07, 6.45) is 0.651. The minimum absolute atomic E-state index is 0.133. The molecule has 8 nitrogen and oxygen atoms in total. The molecule has 1 heterocycles. The Morgan fingerprint density at radius 3 is 1.71 bits per heavy atom. The molecule has 0 atom stereocenters. The second-order valence-corrected chi connectivity index (χ2v) is 5.11. The summed E-state index contributed by atoms with van der Waals surface area (Å²) >= 11 is 0.